The highest BCUT2D eigenvalue weighted by molar-refractivity contribution is 4.75. The molecule has 0 bridgehead atoms. The van der Waals surface area contributed by atoms with Crippen LogP contribution in [0.2, 0.25) is 0 Å². The van der Waals surface area contributed by atoms with Crippen LogP contribution in [-0.4, -0.2) is 19.3 Å². The molecule has 1 rings (SSSR count). The second kappa shape index (κ2) is 3.16. The first-order valence-corrected chi connectivity index (χ1v) is 3.69. The third kappa shape index (κ3) is 1.65. The molecule has 0 aromatic rings. The predicted octanol–water partition coefficient (Wildman–Crippen LogP) is 1.34. The highest BCUT2D eigenvalue weighted by Crippen LogP contribution is 2.18. The van der Waals surface area contributed by atoms with Crippen LogP contribution in [0.1, 0.15) is 19.8 Å². The topological polar surface area (TPSA) is 12.0 Å². The number of hydrogen-bond donors (Lipinski definition) is 1. The molecular formula is C7H14FN. The lowest BCUT2D eigenvalue weighted by molar-refractivity contribution is 0.176. The van der Waals surface area contributed by atoms with Crippen LogP contribution in [0.3, 0.4) is 0 Å². The van der Waals surface area contributed by atoms with Crippen molar-refractivity contribution in [2.45, 2.75) is 25.9 Å². The first-order chi connectivity index (χ1) is 4.34. The molecule has 0 radical (unpaired) electrons. The molecular weight excluding hydrogens is 117 g/mol. The maximum absolute atomic E-state index is 12.8. The SMILES string of the molecule is CCC1CCNC[C@@H]1F. The molecule has 1 aliphatic heterocycles. The van der Waals surface area contributed by atoms with Crippen LogP contribution >= 0.6 is 0 Å². The van der Waals surface area contributed by atoms with Gasteiger partial charge in [0.2, 0.25) is 0 Å². The van der Waals surface area contributed by atoms with Crippen LogP contribution < -0.4 is 5.32 Å². The fourth-order valence-corrected chi connectivity index (χ4v) is 1.33. The van der Waals surface area contributed by atoms with E-state index in [1.54, 1.807) is 0 Å². The highest BCUT2D eigenvalue weighted by Gasteiger charge is 2.21. The van der Waals surface area contributed by atoms with Gasteiger partial charge in [-0.05, 0) is 18.9 Å². The zero-order valence-corrected chi connectivity index (χ0v) is 5.86. The van der Waals surface area contributed by atoms with E-state index in [0.29, 0.717) is 12.5 Å². The Balaban J connectivity index is 2.30. The average molecular weight is 131 g/mol. The molecule has 1 nitrogen and oxygen atoms in total. The van der Waals surface area contributed by atoms with Gasteiger partial charge in [0.05, 0.1) is 0 Å². The molecule has 9 heavy (non-hydrogen) atoms. The Kier molecular flexibility index (Phi) is 2.46. The summed E-state index contributed by atoms with van der Waals surface area (Å²) in [5.74, 6) is 0.325. The number of halogens is 1. The Hall–Kier alpha value is -0.110. The molecule has 1 N–H and O–H groups in total. The fraction of sp³-hybridized carbons (Fsp3) is 1.00. The van der Waals surface area contributed by atoms with Gasteiger partial charge in [0.1, 0.15) is 6.17 Å². The lowest BCUT2D eigenvalue weighted by Crippen LogP contribution is -2.37. The van der Waals surface area contributed by atoms with E-state index in [1.807, 2.05) is 0 Å². The molecule has 0 aliphatic carbocycles. The van der Waals surface area contributed by atoms with Gasteiger partial charge in [-0.25, -0.2) is 4.39 Å². The number of piperidine rings is 1. The summed E-state index contributed by atoms with van der Waals surface area (Å²) >= 11 is 0. The zero-order valence-electron chi connectivity index (χ0n) is 5.86. The summed E-state index contributed by atoms with van der Waals surface area (Å²) in [6.07, 6.45) is 1.41. The van der Waals surface area contributed by atoms with Crippen molar-refractivity contribution in [1.29, 1.82) is 0 Å². The summed E-state index contributed by atoms with van der Waals surface area (Å²) in [5, 5.41) is 3.02. The fourth-order valence-electron chi connectivity index (χ4n) is 1.33. The van der Waals surface area contributed by atoms with Crippen molar-refractivity contribution in [3.05, 3.63) is 0 Å². The van der Waals surface area contributed by atoms with E-state index in [0.717, 1.165) is 19.4 Å². The molecule has 54 valence electrons. The van der Waals surface area contributed by atoms with Crippen molar-refractivity contribution in [2.75, 3.05) is 13.1 Å². The van der Waals surface area contributed by atoms with Crippen LogP contribution in [0.4, 0.5) is 4.39 Å². The van der Waals surface area contributed by atoms with Crippen molar-refractivity contribution in [1.82, 2.24) is 5.32 Å². The molecule has 1 fully saturated rings. The molecule has 0 amide bonds. The summed E-state index contributed by atoms with van der Waals surface area (Å²) in [7, 11) is 0. The summed E-state index contributed by atoms with van der Waals surface area (Å²) in [6.45, 7) is 3.62. The monoisotopic (exact) mass is 131 g/mol. The summed E-state index contributed by atoms with van der Waals surface area (Å²) in [5.41, 5.74) is 0. The van der Waals surface area contributed by atoms with Gasteiger partial charge in [-0.1, -0.05) is 13.3 Å². The predicted molar refractivity (Wildman–Crippen MR) is 36.2 cm³/mol. The van der Waals surface area contributed by atoms with Crippen LogP contribution in [0, 0.1) is 5.92 Å². The van der Waals surface area contributed by atoms with Gasteiger partial charge in [-0.15, -0.1) is 0 Å². The van der Waals surface area contributed by atoms with E-state index in [-0.39, 0.29) is 0 Å². The van der Waals surface area contributed by atoms with Crippen LogP contribution in [0.5, 0.6) is 0 Å². The molecule has 1 saturated heterocycles. The van der Waals surface area contributed by atoms with Gasteiger partial charge in [-0.3, -0.25) is 0 Å². The second-order valence-electron chi connectivity index (χ2n) is 2.68. The standard InChI is InChI=1S/C7H14FN/c1-2-6-3-4-9-5-7(6)8/h6-7,9H,2-5H2,1H3/t6?,7-/m0/s1. The molecule has 2 atom stereocenters. The van der Waals surface area contributed by atoms with Gasteiger partial charge in [-0.2, -0.15) is 0 Å². The van der Waals surface area contributed by atoms with Gasteiger partial charge in [0, 0.05) is 6.54 Å². The summed E-state index contributed by atoms with van der Waals surface area (Å²) in [4.78, 5) is 0. The average Bonchev–Trinajstić information content (AvgIpc) is 1.89. The zero-order chi connectivity index (χ0) is 6.69. The van der Waals surface area contributed by atoms with Gasteiger partial charge >= 0.3 is 0 Å². The van der Waals surface area contributed by atoms with E-state index >= 15 is 0 Å². The van der Waals surface area contributed by atoms with E-state index < -0.39 is 6.17 Å². The van der Waals surface area contributed by atoms with E-state index in [2.05, 4.69) is 12.2 Å². The summed E-state index contributed by atoms with van der Waals surface area (Å²) < 4.78 is 12.8. The van der Waals surface area contributed by atoms with Gasteiger partial charge in [0.25, 0.3) is 0 Å². The van der Waals surface area contributed by atoms with Crippen molar-refractivity contribution in [3.8, 4) is 0 Å². The number of alkyl halides is 1. The Bertz CT molecular complexity index is 85.0. The highest BCUT2D eigenvalue weighted by atomic mass is 19.1. The molecule has 1 unspecified atom stereocenters. The largest absolute Gasteiger partial charge is 0.314 e. The molecule has 1 heterocycles. The van der Waals surface area contributed by atoms with Crippen LogP contribution in [0.25, 0.3) is 0 Å². The molecule has 0 saturated carbocycles. The first-order valence-electron chi connectivity index (χ1n) is 3.69. The third-order valence-corrected chi connectivity index (χ3v) is 2.07. The molecule has 2 heteroatoms. The van der Waals surface area contributed by atoms with E-state index in [9.17, 15) is 4.39 Å². The maximum atomic E-state index is 12.8. The second-order valence-corrected chi connectivity index (χ2v) is 2.68. The van der Waals surface area contributed by atoms with Crippen LogP contribution in [0.15, 0.2) is 0 Å². The lowest BCUT2D eigenvalue weighted by Gasteiger charge is -2.25. The number of rotatable bonds is 1. The van der Waals surface area contributed by atoms with Crippen molar-refractivity contribution >= 4 is 0 Å². The van der Waals surface area contributed by atoms with Gasteiger partial charge in [0.15, 0.2) is 0 Å². The minimum absolute atomic E-state index is 0.325. The van der Waals surface area contributed by atoms with E-state index in [1.165, 1.54) is 0 Å². The Morgan fingerprint density at radius 2 is 2.44 bits per heavy atom. The molecule has 0 aromatic heterocycles. The minimum Gasteiger partial charge on any atom is -0.314 e. The van der Waals surface area contributed by atoms with E-state index in [4.69, 9.17) is 0 Å². The van der Waals surface area contributed by atoms with Crippen molar-refractivity contribution in [3.63, 3.8) is 0 Å². The number of nitrogens with one attached hydrogen (secondary N) is 1. The first kappa shape index (κ1) is 7.00. The number of hydrogen-bond acceptors (Lipinski definition) is 1. The molecule has 0 spiro atoms. The normalized spacial score (nSPS) is 36.7. The minimum atomic E-state index is -0.594. The Morgan fingerprint density at radius 3 is 2.89 bits per heavy atom. The van der Waals surface area contributed by atoms with Crippen molar-refractivity contribution in [2.24, 2.45) is 5.92 Å². The lowest BCUT2D eigenvalue weighted by atomic mass is 9.94. The van der Waals surface area contributed by atoms with Crippen LogP contribution in [-0.2, 0) is 0 Å². The smallest absolute Gasteiger partial charge is 0.115 e. The summed E-state index contributed by atoms with van der Waals surface area (Å²) in [6, 6.07) is 0. The quantitative estimate of drug-likeness (QED) is 0.566. The Labute approximate surface area is 55.6 Å². The van der Waals surface area contributed by atoms with Gasteiger partial charge < -0.3 is 5.32 Å². The molecule has 1 aliphatic rings. The maximum Gasteiger partial charge on any atom is 0.115 e. The third-order valence-electron chi connectivity index (χ3n) is 2.07. The van der Waals surface area contributed by atoms with Crippen molar-refractivity contribution < 1.29 is 4.39 Å². The molecule has 0 aromatic carbocycles. The Morgan fingerprint density at radius 1 is 1.67 bits per heavy atom.